The lowest BCUT2D eigenvalue weighted by atomic mass is 9.79. The largest absolute Gasteiger partial charge is 0.327 e. The number of hydrogen-bond donors (Lipinski definition) is 1. The van der Waals surface area contributed by atoms with Crippen molar-refractivity contribution in [3.05, 3.63) is 12.2 Å². The van der Waals surface area contributed by atoms with Gasteiger partial charge in [0.1, 0.15) is 5.78 Å². The highest BCUT2D eigenvalue weighted by Gasteiger charge is 2.41. The van der Waals surface area contributed by atoms with Gasteiger partial charge in [-0.05, 0) is 26.2 Å². The van der Waals surface area contributed by atoms with E-state index in [-0.39, 0.29) is 11.5 Å². The fourth-order valence-electron chi connectivity index (χ4n) is 2.15. The topological polar surface area (TPSA) is 43.1 Å². The summed E-state index contributed by atoms with van der Waals surface area (Å²) in [7, 11) is 0. The normalized spacial score (nSPS) is 31.8. The van der Waals surface area contributed by atoms with Crippen molar-refractivity contribution in [3.8, 4) is 0 Å². The first-order chi connectivity index (χ1) is 6.47. The van der Waals surface area contributed by atoms with Gasteiger partial charge < -0.3 is 5.73 Å². The summed E-state index contributed by atoms with van der Waals surface area (Å²) in [5, 5.41) is 0. The van der Waals surface area contributed by atoms with E-state index in [1.165, 1.54) is 0 Å². The molecule has 1 saturated carbocycles. The minimum Gasteiger partial charge on any atom is -0.327 e. The molecule has 1 aliphatic carbocycles. The first kappa shape index (κ1) is 11.4. The summed E-state index contributed by atoms with van der Waals surface area (Å²) in [6.07, 6.45) is 4.47. The second-order valence-electron chi connectivity index (χ2n) is 4.80. The average molecular weight is 195 g/mol. The third-order valence-corrected chi connectivity index (χ3v) is 3.45. The smallest absolute Gasteiger partial charge is 0.140 e. The molecular weight excluding hydrogens is 174 g/mol. The van der Waals surface area contributed by atoms with Gasteiger partial charge in [-0.2, -0.15) is 0 Å². The molecule has 0 bridgehead atoms. The molecule has 0 amide bonds. The third-order valence-electron chi connectivity index (χ3n) is 3.45. The van der Waals surface area contributed by atoms with E-state index in [1.807, 2.05) is 13.8 Å². The molecule has 1 fully saturated rings. The molecule has 0 aliphatic heterocycles. The van der Waals surface area contributed by atoms with Crippen molar-refractivity contribution in [2.24, 2.45) is 11.1 Å². The summed E-state index contributed by atoms with van der Waals surface area (Å²) in [5.74, 6) is 0.325. The molecule has 0 heterocycles. The molecule has 0 saturated heterocycles. The minimum absolute atomic E-state index is 0.0696. The Hall–Kier alpha value is -0.630. The van der Waals surface area contributed by atoms with Gasteiger partial charge in [-0.15, -0.1) is 6.58 Å². The Morgan fingerprint density at radius 3 is 2.64 bits per heavy atom. The molecule has 1 aliphatic rings. The van der Waals surface area contributed by atoms with Crippen molar-refractivity contribution in [1.82, 2.24) is 0 Å². The van der Waals surface area contributed by atoms with Crippen LogP contribution >= 0.6 is 0 Å². The van der Waals surface area contributed by atoms with Crippen LogP contribution in [0, 0.1) is 5.41 Å². The Labute approximate surface area is 86.6 Å². The summed E-state index contributed by atoms with van der Waals surface area (Å²) in [5.41, 5.74) is 6.80. The predicted molar refractivity (Wildman–Crippen MR) is 59.0 cm³/mol. The summed E-state index contributed by atoms with van der Waals surface area (Å²) in [4.78, 5) is 12.0. The fourth-order valence-corrected chi connectivity index (χ4v) is 2.15. The maximum absolute atomic E-state index is 12.0. The number of hydrogen-bond acceptors (Lipinski definition) is 2. The highest BCUT2D eigenvalue weighted by Crippen LogP contribution is 2.38. The minimum atomic E-state index is -0.255. The van der Waals surface area contributed by atoms with Crippen molar-refractivity contribution in [3.63, 3.8) is 0 Å². The maximum atomic E-state index is 12.0. The number of Topliss-reactive ketones (excluding diaryl/α,β-unsaturated/α-hetero) is 1. The van der Waals surface area contributed by atoms with Crippen LogP contribution < -0.4 is 5.73 Å². The third kappa shape index (κ3) is 2.24. The number of carbonyl (C=O) groups is 1. The van der Waals surface area contributed by atoms with Gasteiger partial charge in [0, 0.05) is 17.9 Å². The van der Waals surface area contributed by atoms with E-state index in [0.717, 1.165) is 31.3 Å². The Morgan fingerprint density at radius 1 is 1.57 bits per heavy atom. The van der Waals surface area contributed by atoms with Crippen LogP contribution in [-0.4, -0.2) is 11.8 Å². The van der Waals surface area contributed by atoms with Crippen molar-refractivity contribution in [2.75, 3.05) is 0 Å². The van der Waals surface area contributed by atoms with Crippen molar-refractivity contribution in [2.45, 2.75) is 52.0 Å². The van der Waals surface area contributed by atoms with E-state index in [2.05, 4.69) is 6.58 Å². The van der Waals surface area contributed by atoms with Gasteiger partial charge in [0.05, 0.1) is 0 Å². The van der Waals surface area contributed by atoms with Gasteiger partial charge in [-0.1, -0.05) is 18.9 Å². The average Bonchev–Trinajstić information content (AvgIpc) is 2.44. The van der Waals surface area contributed by atoms with Crippen LogP contribution in [0.1, 0.15) is 46.0 Å². The van der Waals surface area contributed by atoms with Crippen LogP contribution in [0.25, 0.3) is 0 Å². The quantitative estimate of drug-likeness (QED) is 0.700. The monoisotopic (exact) mass is 195 g/mol. The molecule has 80 valence electrons. The Balaban J connectivity index is 2.54. The van der Waals surface area contributed by atoms with Gasteiger partial charge in [0.2, 0.25) is 0 Å². The second kappa shape index (κ2) is 4.26. The van der Waals surface area contributed by atoms with Gasteiger partial charge >= 0.3 is 0 Å². The number of nitrogens with two attached hydrogens (primary N) is 1. The molecule has 2 nitrogen and oxygen atoms in total. The molecule has 0 aromatic rings. The lowest BCUT2D eigenvalue weighted by molar-refractivity contribution is -0.128. The zero-order valence-electron chi connectivity index (χ0n) is 9.31. The van der Waals surface area contributed by atoms with Gasteiger partial charge in [-0.3, -0.25) is 4.79 Å². The first-order valence-electron chi connectivity index (χ1n) is 5.40. The van der Waals surface area contributed by atoms with Crippen LogP contribution in [-0.2, 0) is 4.79 Å². The van der Waals surface area contributed by atoms with Crippen LogP contribution in [0.4, 0.5) is 0 Å². The van der Waals surface area contributed by atoms with Crippen molar-refractivity contribution in [1.29, 1.82) is 0 Å². The van der Waals surface area contributed by atoms with E-state index in [4.69, 9.17) is 5.73 Å². The highest BCUT2D eigenvalue weighted by molar-refractivity contribution is 5.85. The molecule has 2 N–H and O–H groups in total. The van der Waals surface area contributed by atoms with E-state index in [0.29, 0.717) is 12.2 Å². The molecule has 0 aromatic heterocycles. The molecule has 1 rings (SSSR count). The molecule has 2 unspecified atom stereocenters. The van der Waals surface area contributed by atoms with E-state index in [1.54, 1.807) is 0 Å². The maximum Gasteiger partial charge on any atom is 0.140 e. The van der Waals surface area contributed by atoms with Crippen LogP contribution in [0.3, 0.4) is 0 Å². The van der Waals surface area contributed by atoms with Gasteiger partial charge in [0.25, 0.3) is 0 Å². The lowest BCUT2D eigenvalue weighted by Crippen LogP contribution is -2.41. The van der Waals surface area contributed by atoms with Crippen LogP contribution in [0.2, 0.25) is 0 Å². The van der Waals surface area contributed by atoms with Crippen LogP contribution in [0.5, 0.6) is 0 Å². The summed E-state index contributed by atoms with van der Waals surface area (Å²) in [6.45, 7) is 7.79. The SMILES string of the molecule is C=C(C)CCC(=O)C1(C)CCCC1N. The van der Waals surface area contributed by atoms with E-state index in [9.17, 15) is 4.79 Å². The van der Waals surface area contributed by atoms with Gasteiger partial charge in [-0.25, -0.2) is 0 Å². The van der Waals surface area contributed by atoms with Crippen LogP contribution in [0.15, 0.2) is 12.2 Å². The first-order valence-corrected chi connectivity index (χ1v) is 5.40. The molecule has 2 atom stereocenters. The number of rotatable bonds is 4. The van der Waals surface area contributed by atoms with Gasteiger partial charge in [0.15, 0.2) is 0 Å². The highest BCUT2D eigenvalue weighted by atomic mass is 16.1. The summed E-state index contributed by atoms with van der Waals surface area (Å²) in [6, 6.07) is 0.0696. The molecule has 0 radical (unpaired) electrons. The fraction of sp³-hybridized carbons (Fsp3) is 0.750. The zero-order chi connectivity index (χ0) is 10.8. The van der Waals surface area contributed by atoms with Crippen molar-refractivity contribution >= 4 is 5.78 Å². The Bertz CT molecular complexity index is 247. The Morgan fingerprint density at radius 2 is 2.21 bits per heavy atom. The predicted octanol–water partition coefficient (Wildman–Crippen LogP) is 2.43. The molecular formula is C12H21NO. The zero-order valence-corrected chi connectivity index (χ0v) is 9.31. The number of carbonyl (C=O) groups excluding carboxylic acids is 1. The Kier molecular flexibility index (Phi) is 3.48. The lowest BCUT2D eigenvalue weighted by Gasteiger charge is -2.27. The summed E-state index contributed by atoms with van der Waals surface area (Å²) < 4.78 is 0. The second-order valence-corrected chi connectivity index (χ2v) is 4.80. The van der Waals surface area contributed by atoms with Crippen molar-refractivity contribution < 1.29 is 4.79 Å². The molecule has 0 aromatic carbocycles. The summed E-state index contributed by atoms with van der Waals surface area (Å²) >= 11 is 0. The van der Waals surface area contributed by atoms with E-state index >= 15 is 0 Å². The van der Waals surface area contributed by atoms with E-state index < -0.39 is 0 Å². The number of ketones is 1. The molecule has 0 spiro atoms. The molecule has 2 heteroatoms. The standard InChI is InChI=1S/C12H21NO/c1-9(2)6-7-11(14)12(3)8-4-5-10(12)13/h10H,1,4-8,13H2,2-3H3. The molecule has 14 heavy (non-hydrogen) atoms. The number of allylic oxidation sites excluding steroid dienone is 1.